The average molecular weight is 486 g/mol. The maximum absolute atomic E-state index is 12.9. The molecule has 1 aromatic carbocycles. The zero-order chi connectivity index (χ0) is 25.4. The second-order valence-corrected chi connectivity index (χ2v) is 7.98. The molecule has 0 atom stereocenters. The molecule has 4 aromatic rings. The molecule has 0 aliphatic carbocycles. The quantitative estimate of drug-likeness (QED) is 0.319. The summed E-state index contributed by atoms with van der Waals surface area (Å²) in [6.07, 6.45) is 0. The van der Waals surface area contributed by atoms with E-state index in [1.165, 1.54) is 4.68 Å². The van der Waals surface area contributed by atoms with Gasteiger partial charge in [0, 0.05) is 27.2 Å². The summed E-state index contributed by atoms with van der Waals surface area (Å²) in [7, 11) is 6.86. The fourth-order valence-electron chi connectivity index (χ4n) is 3.84. The highest BCUT2D eigenvalue weighted by Gasteiger charge is 2.23. The number of benzene rings is 1. The largest absolute Gasteiger partial charge is 0.494 e. The zero-order valence-electron chi connectivity index (χ0n) is 20.0. The van der Waals surface area contributed by atoms with Crippen LogP contribution in [0, 0.1) is 11.3 Å². The Balaban J connectivity index is 1.58. The third-order valence-corrected chi connectivity index (χ3v) is 5.62. The number of methoxy groups -OCH3 is 1. The fraction of sp³-hybridized carbons (Fsp3) is 0.174. The number of aryl methyl sites for hydroxylation is 1. The van der Waals surface area contributed by atoms with Gasteiger partial charge in [-0.2, -0.15) is 5.26 Å². The molecule has 0 amide bonds. The van der Waals surface area contributed by atoms with Gasteiger partial charge in [0.15, 0.2) is 17.2 Å². The van der Waals surface area contributed by atoms with E-state index >= 15 is 0 Å². The molecule has 1 aliphatic heterocycles. The number of aromatic amines is 1. The second kappa shape index (κ2) is 8.93. The first kappa shape index (κ1) is 22.7. The summed E-state index contributed by atoms with van der Waals surface area (Å²) in [4.78, 5) is 21.7. The molecule has 0 fully saturated rings. The van der Waals surface area contributed by atoms with Crippen LogP contribution in [-0.2, 0) is 7.05 Å². The van der Waals surface area contributed by atoms with Gasteiger partial charge in [-0.05, 0) is 24.3 Å². The van der Waals surface area contributed by atoms with Crippen LogP contribution in [0.15, 0.2) is 52.4 Å². The number of hydrogen-bond acceptors (Lipinski definition) is 11. The van der Waals surface area contributed by atoms with Crippen LogP contribution in [0.4, 0.5) is 23.0 Å². The number of hydrogen-bond donors (Lipinski definition) is 4. The van der Waals surface area contributed by atoms with E-state index < -0.39 is 0 Å². The van der Waals surface area contributed by atoms with Gasteiger partial charge >= 0.3 is 0 Å². The van der Waals surface area contributed by atoms with Crippen molar-refractivity contribution in [2.45, 2.75) is 0 Å². The molecule has 13 heteroatoms. The summed E-state index contributed by atoms with van der Waals surface area (Å²) < 4.78 is 7.11. The van der Waals surface area contributed by atoms with Crippen LogP contribution in [0.25, 0.3) is 11.0 Å². The molecule has 3 aromatic heterocycles. The number of rotatable bonds is 6. The van der Waals surface area contributed by atoms with Gasteiger partial charge in [-0.25, -0.2) is 15.1 Å². The number of nitrogens with zero attached hydrogens (tertiary/aromatic N) is 7. The predicted octanol–water partition coefficient (Wildman–Crippen LogP) is 1.98. The molecular formula is C23H23N11O2. The van der Waals surface area contributed by atoms with E-state index in [0.717, 1.165) is 5.56 Å². The Kier molecular flexibility index (Phi) is 5.63. The maximum atomic E-state index is 12.9. The Hall–Kier alpha value is -5.09. The van der Waals surface area contributed by atoms with Gasteiger partial charge in [-0.3, -0.25) is 20.0 Å². The van der Waals surface area contributed by atoms with E-state index in [1.54, 1.807) is 48.7 Å². The fourth-order valence-corrected chi connectivity index (χ4v) is 3.84. The van der Waals surface area contributed by atoms with E-state index in [-0.39, 0.29) is 11.3 Å². The molecule has 5 rings (SSSR count). The highest BCUT2D eigenvalue weighted by molar-refractivity contribution is 6.03. The minimum absolute atomic E-state index is 0.239. The molecule has 4 N–H and O–H groups in total. The molecule has 0 radical (unpaired) electrons. The zero-order valence-corrected chi connectivity index (χ0v) is 20.0. The molecule has 0 saturated heterocycles. The first-order valence-corrected chi connectivity index (χ1v) is 10.9. The summed E-state index contributed by atoms with van der Waals surface area (Å²) in [5, 5.41) is 26.8. The molecule has 182 valence electrons. The molecule has 1 aliphatic rings. The first-order chi connectivity index (χ1) is 17.4. The number of hydrazine groups is 2. The number of amidine groups is 1. The average Bonchev–Trinajstić information content (AvgIpc) is 3.36. The van der Waals surface area contributed by atoms with Gasteiger partial charge in [0.05, 0.1) is 24.0 Å². The van der Waals surface area contributed by atoms with Crippen LogP contribution in [0.3, 0.4) is 0 Å². The van der Waals surface area contributed by atoms with Crippen molar-refractivity contribution in [1.29, 1.82) is 5.26 Å². The number of hydrazone groups is 1. The van der Waals surface area contributed by atoms with E-state index in [0.29, 0.717) is 45.6 Å². The Bertz CT molecular complexity index is 1600. The number of H-pyrrole nitrogens is 1. The molecule has 13 nitrogen and oxygen atoms in total. The van der Waals surface area contributed by atoms with Gasteiger partial charge in [0.25, 0.3) is 5.56 Å². The summed E-state index contributed by atoms with van der Waals surface area (Å²) in [5.74, 6) is 2.03. The maximum Gasteiger partial charge on any atom is 0.277 e. The molecule has 4 heterocycles. The number of fused-ring (bicyclic) bond motifs is 1. The van der Waals surface area contributed by atoms with Crippen molar-refractivity contribution in [3.8, 4) is 11.8 Å². The van der Waals surface area contributed by atoms with Gasteiger partial charge in [-0.1, -0.05) is 12.1 Å². The van der Waals surface area contributed by atoms with Gasteiger partial charge < -0.3 is 15.4 Å². The molecular weight excluding hydrogens is 462 g/mol. The Morgan fingerprint density at radius 2 is 1.83 bits per heavy atom. The highest BCUT2D eigenvalue weighted by atomic mass is 16.5. The van der Waals surface area contributed by atoms with Crippen molar-refractivity contribution in [2.75, 3.05) is 31.8 Å². The first-order valence-electron chi connectivity index (χ1n) is 10.9. The number of nitrogens with one attached hydrogen (secondary N) is 4. The lowest BCUT2D eigenvalue weighted by Crippen LogP contribution is -2.38. The molecule has 0 saturated carbocycles. The van der Waals surface area contributed by atoms with E-state index in [2.05, 4.69) is 36.2 Å². The third kappa shape index (κ3) is 4.01. The molecule has 0 spiro atoms. The number of ether oxygens (including phenoxy) is 1. The van der Waals surface area contributed by atoms with Crippen molar-refractivity contribution in [3.63, 3.8) is 0 Å². The lowest BCUT2D eigenvalue weighted by Gasteiger charge is -2.18. The van der Waals surface area contributed by atoms with Crippen molar-refractivity contribution in [2.24, 2.45) is 12.1 Å². The minimum atomic E-state index is -0.239. The normalized spacial score (nSPS) is 13.3. The standard InChI is InChI=1S/C23H23N11O2/c1-32-23(35)19-16(11-18(28-22(19)29-32)27-17-10-5-7-13(12-24)25-17)26-15-9-6-8-14(20(15)36-4)21-30-33(2)34(3)31-21/h5-11H,1-4H3,(H,30,31)(H3,25,26,27,28,29). The number of para-hydroxylation sites is 1. The van der Waals surface area contributed by atoms with Crippen LogP contribution in [0.1, 0.15) is 11.3 Å². The predicted molar refractivity (Wildman–Crippen MR) is 135 cm³/mol. The lowest BCUT2D eigenvalue weighted by molar-refractivity contribution is 0.0275. The highest BCUT2D eigenvalue weighted by Crippen LogP contribution is 2.34. The topological polar surface area (TPSA) is 152 Å². The van der Waals surface area contributed by atoms with Crippen LogP contribution < -0.4 is 26.4 Å². The SMILES string of the molecule is COc1c(Nc2cc(Nc3cccc(C#N)n3)nc3[nH]n(C)c(=O)c23)cccc1C1=NN(C)N(C)N1. The Labute approximate surface area is 205 Å². The molecule has 0 unspecified atom stereocenters. The summed E-state index contributed by atoms with van der Waals surface area (Å²) in [6, 6.07) is 14.4. The van der Waals surface area contributed by atoms with Gasteiger partial charge in [0.2, 0.25) is 0 Å². The van der Waals surface area contributed by atoms with Crippen LogP contribution in [-0.4, -0.2) is 57.0 Å². The van der Waals surface area contributed by atoms with Crippen LogP contribution in [0.5, 0.6) is 5.75 Å². The second-order valence-electron chi connectivity index (χ2n) is 7.98. The summed E-state index contributed by atoms with van der Waals surface area (Å²) in [6.45, 7) is 0. The smallest absolute Gasteiger partial charge is 0.277 e. The number of nitriles is 1. The van der Waals surface area contributed by atoms with Crippen LogP contribution >= 0.6 is 0 Å². The van der Waals surface area contributed by atoms with E-state index in [1.807, 2.05) is 38.4 Å². The van der Waals surface area contributed by atoms with Crippen molar-refractivity contribution in [1.82, 2.24) is 35.4 Å². The minimum Gasteiger partial charge on any atom is -0.494 e. The number of aromatic nitrogens is 4. The molecule has 36 heavy (non-hydrogen) atoms. The van der Waals surface area contributed by atoms with Crippen LogP contribution in [0.2, 0.25) is 0 Å². The van der Waals surface area contributed by atoms with Crippen molar-refractivity contribution < 1.29 is 4.74 Å². The Morgan fingerprint density at radius 1 is 1.03 bits per heavy atom. The van der Waals surface area contributed by atoms with E-state index in [4.69, 9.17) is 10.00 Å². The molecule has 0 bridgehead atoms. The van der Waals surface area contributed by atoms with Gasteiger partial charge in [0.1, 0.15) is 28.8 Å². The monoisotopic (exact) mass is 485 g/mol. The summed E-state index contributed by atoms with van der Waals surface area (Å²) >= 11 is 0. The number of pyridine rings is 2. The third-order valence-electron chi connectivity index (χ3n) is 5.62. The lowest BCUT2D eigenvalue weighted by atomic mass is 10.1. The van der Waals surface area contributed by atoms with E-state index in [9.17, 15) is 4.79 Å². The Morgan fingerprint density at radius 3 is 2.56 bits per heavy atom. The van der Waals surface area contributed by atoms with Crippen molar-refractivity contribution >= 4 is 39.9 Å². The number of anilines is 4. The van der Waals surface area contributed by atoms with Gasteiger partial charge in [-0.15, -0.1) is 10.2 Å². The van der Waals surface area contributed by atoms with Crippen molar-refractivity contribution in [3.05, 3.63) is 64.1 Å². The summed E-state index contributed by atoms with van der Waals surface area (Å²) in [5.41, 5.74) is 5.45.